The number of hydrogen-bond acceptors (Lipinski definition) is 8. The zero-order valence-electron chi connectivity index (χ0n) is 21.2. The first-order valence-electron chi connectivity index (χ1n) is 11.9. The highest BCUT2D eigenvalue weighted by atomic mass is 19.1. The molecule has 190 valence electrons. The van der Waals surface area contributed by atoms with Crippen molar-refractivity contribution in [3.05, 3.63) is 54.6 Å². The second-order valence-corrected chi connectivity index (χ2v) is 9.00. The van der Waals surface area contributed by atoms with Crippen LogP contribution in [0.3, 0.4) is 0 Å². The fourth-order valence-electron chi connectivity index (χ4n) is 3.79. The van der Waals surface area contributed by atoms with Crippen molar-refractivity contribution in [1.82, 2.24) is 24.8 Å². The normalized spacial score (nSPS) is 14.0. The molecule has 0 atom stereocenters. The lowest BCUT2D eigenvalue weighted by molar-refractivity contribution is -0.127. The van der Waals surface area contributed by atoms with E-state index >= 15 is 0 Å². The van der Waals surface area contributed by atoms with E-state index in [2.05, 4.69) is 26.8 Å². The minimum absolute atomic E-state index is 0.00764. The number of pyridine rings is 1. The van der Waals surface area contributed by atoms with Crippen molar-refractivity contribution < 1.29 is 13.9 Å². The fourth-order valence-corrected chi connectivity index (χ4v) is 3.79. The third-order valence-corrected chi connectivity index (χ3v) is 6.30. The molecule has 0 N–H and O–H groups in total. The summed E-state index contributed by atoms with van der Waals surface area (Å²) in [6, 6.07) is 10.6. The number of piperazine rings is 1. The molecule has 0 radical (unpaired) electrons. The van der Waals surface area contributed by atoms with Crippen molar-refractivity contribution in [2.45, 2.75) is 6.92 Å². The first kappa shape index (κ1) is 25.3. The average Bonchev–Trinajstić information content (AvgIpc) is 2.89. The third-order valence-electron chi connectivity index (χ3n) is 6.30. The molecule has 3 heterocycles. The van der Waals surface area contributed by atoms with Crippen LogP contribution in [0.2, 0.25) is 0 Å². The quantitative estimate of drug-likeness (QED) is 0.474. The molecular weight excluding hydrogens is 461 g/mol. The summed E-state index contributed by atoms with van der Waals surface area (Å²) in [5.41, 5.74) is 1.38. The van der Waals surface area contributed by atoms with Crippen LogP contribution in [-0.2, 0) is 4.79 Å². The first-order valence-corrected chi connectivity index (χ1v) is 11.9. The molecule has 1 fully saturated rings. The van der Waals surface area contributed by atoms with E-state index in [1.165, 1.54) is 19.2 Å². The number of rotatable bonds is 8. The van der Waals surface area contributed by atoms with Gasteiger partial charge in [0.15, 0.2) is 17.4 Å². The Hall–Kier alpha value is -3.79. The summed E-state index contributed by atoms with van der Waals surface area (Å²) in [6.07, 6.45) is 3.03. The van der Waals surface area contributed by atoms with Gasteiger partial charge in [-0.05, 0) is 37.4 Å². The van der Waals surface area contributed by atoms with E-state index in [-0.39, 0.29) is 17.5 Å². The lowest BCUT2D eigenvalue weighted by Gasteiger charge is -2.33. The zero-order valence-corrected chi connectivity index (χ0v) is 21.2. The minimum Gasteiger partial charge on any atom is -0.434 e. The lowest BCUT2D eigenvalue weighted by atomic mass is 10.1. The van der Waals surface area contributed by atoms with Gasteiger partial charge in [-0.1, -0.05) is 6.07 Å². The molecule has 9 nitrogen and oxygen atoms in total. The Morgan fingerprint density at radius 2 is 1.83 bits per heavy atom. The molecule has 0 aliphatic carbocycles. The van der Waals surface area contributed by atoms with E-state index in [9.17, 15) is 9.18 Å². The highest BCUT2D eigenvalue weighted by Crippen LogP contribution is 2.29. The molecular formula is C26H32FN7O2. The second kappa shape index (κ2) is 11.3. The summed E-state index contributed by atoms with van der Waals surface area (Å²) >= 11 is 0. The average molecular weight is 494 g/mol. The SMILES string of the molecule is CC(=O)N(C)CCN(C)c1cncc(Oc2ccc(-c3cccc(N4CCN(C)CC4)n3)cc2F)n1. The Kier molecular flexibility index (Phi) is 7.94. The number of anilines is 2. The summed E-state index contributed by atoms with van der Waals surface area (Å²) < 4.78 is 20.7. The number of aromatic nitrogens is 3. The zero-order chi connectivity index (χ0) is 25.7. The van der Waals surface area contributed by atoms with Gasteiger partial charge in [0.25, 0.3) is 0 Å². The number of amides is 1. The highest BCUT2D eigenvalue weighted by molar-refractivity contribution is 5.72. The smallest absolute Gasteiger partial charge is 0.239 e. The third kappa shape index (κ3) is 6.25. The maximum Gasteiger partial charge on any atom is 0.239 e. The van der Waals surface area contributed by atoms with Crippen molar-refractivity contribution in [3.8, 4) is 22.9 Å². The van der Waals surface area contributed by atoms with Crippen LogP contribution < -0.4 is 14.5 Å². The van der Waals surface area contributed by atoms with Crippen molar-refractivity contribution in [3.63, 3.8) is 0 Å². The number of halogens is 1. The highest BCUT2D eigenvalue weighted by Gasteiger charge is 2.16. The molecule has 0 spiro atoms. The van der Waals surface area contributed by atoms with Crippen molar-refractivity contribution in [2.24, 2.45) is 0 Å². The predicted molar refractivity (Wildman–Crippen MR) is 138 cm³/mol. The van der Waals surface area contributed by atoms with Gasteiger partial charge in [-0.2, -0.15) is 4.98 Å². The Balaban J connectivity index is 1.44. The van der Waals surface area contributed by atoms with Gasteiger partial charge >= 0.3 is 0 Å². The standard InChI is InChI=1S/C26H32FN7O2/c1-19(35)32(3)12-13-33(4)25-17-28-18-26(30-25)36-23-9-8-20(16-21(23)27)22-6-5-7-24(29-22)34-14-10-31(2)11-15-34/h5-9,16-18H,10-15H2,1-4H3. The fraction of sp³-hybridized carbons (Fsp3) is 0.385. The molecule has 2 aromatic heterocycles. The molecule has 0 unspecified atom stereocenters. The molecule has 36 heavy (non-hydrogen) atoms. The van der Waals surface area contributed by atoms with Gasteiger partial charge in [0, 0.05) is 65.9 Å². The van der Waals surface area contributed by atoms with E-state index in [1.807, 2.05) is 30.1 Å². The number of likely N-dealkylation sites (N-methyl/N-ethyl adjacent to an activating group) is 3. The molecule has 1 aromatic carbocycles. The van der Waals surface area contributed by atoms with Crippen LogP contribution in [-0.4, -0.2) is 91.1 Å². The van der Waals surface area contributed by atoms with Crippen molar-refractivity contribution in [1.29, 1.82) is 0 Å². The predicted octanol–water partition coefficient (Wildman–Crippen LogP) is 3.14. The summed E-state index contributed by atoms with van der Waals surface area (Å²) in [5, 5.41) is 0. The molecule has 3 aromatic rings. The summed E-state index contributed by atoms with van der Waals surface area (Å²) in [5.74, 6) is 1.17. The van der Waals surface area contributed by atoms with Gasteiger partial charge in [0.2, 0.25) is 11.8 Å². The number of ether oxygens (including phenoxy) is 1. The number of nitrogens with zero attached hydrogens (tertiary/aromatic N) is 7. The van der Waals surface area contributed by atoms with Gasteiger partial charge in [-0.15, -0.1) is 0 Å². The van der Waals surface area contributed by atoms with E-state index < -0.39 is 5.82 Å². The molecule has 0 saturated carbocycles. The Morgan fingerprint density at radius 3 is 2.56 bits per heavy atom. The Bertz CT molecular complexity index is 1200. The van der Waals surface area contributed by atoms with Crippen LogP contribution in [0.15, 0.2) is 48.8 Å². The summed E-state index contributed by atoms with van der Waals surface area (Å²) in [7, 11) is 5.70. The van der Waals surface area contributed by atoms with Gasteiger partial charge in [-0.3, -0.25) is 9.78 Å². The van der Waals surface area contributed by atoms with Crippen molar-refractivity contribution in [2.75, 3.05) is 70.2 Å². The molecule has 1 aliphatic heterocycles. The van der Waals surface area contributed by atoms with Crippen LogP contribution in [0, 0.1) is 5.82 Å². The van der Waals surface area contributed by atoms with Gasteiger partial charge in [0.05, 0.1) is 18.1 Å². The number of benzene rings is 1. The second-order valence-electron chi connectivity index (χ2n) is 9.00. The van der Waals surface area contributed by atoms with Crippen LogP contribution in [0.4, 0.5) is 16.0 Å². The van der Waals surface area contributed by atoms with Gasteiger partial charge < -0.3 is 24.3 Å². The van der Waals surface area contributed by atoms with E-state index in [0.717, 1.165) is 32.0 Å². The largest absolute Gasteiger partial charge is 0.434 e. The molecule has 1 amide bonds. The minimum atomic E-state index is -0.511. The van der Waals surface area contributed by atoms with Crippen LogP contribution in [0.5, 0.6) is 11.6 Å². The Labute approximate surface area is 211 Å². The van der Waals surface area contributed by atoms with Crippen LogP contribution >= 0.6 is 0 Å². The summed E-state index contributed by atoms with van der Waals surface area (Å²) in [6.45, 7) is 6.43. The topological polar surface area (TPSA) is 77.9 Å². The molecule has 1 aliphatic rings. The Morgan fingerprint density at radius 1 is 1.06 bits per heavy atom. The van der Waals surface area contributed by atoms with E-state index in [4.69, 9.17) is 9.72 Å². The van der Waals surface area contributed by atoms with Crippen molar-refractivity contribution >= 4 is 17.5 Å². The number of carbonyl (C=O) groups is 1. The number of carbonyl (C=O) groups excluding carboxylic acids is 1. The van der Waals surface area contributed by atoms with Crippen LogP contribution in [0.25, 0.3) is 11.3 Å². The molecule has 4 rings (SSSR count). The first-order chi connectivity index (χ1) is 17.3. The maximum atomic E-state index is 15.0. The molecule has 1 saturated heterocycles. The number of hydrogen-bond donors (Lipinski definition) is 0. The molecule has 0 bridgehead atoms. The van der Waals surface area contributed by atoms with Gasteiger partial charge in [-0.25, -0.2) is 9.37 Å². The lowest BCUT2D eigenvalue weighted by Crippen LogP contribution is -2.44. The van der Waals surface area contributed by atoms with E-state index in [0.29, 0.717) is 30.2 Å². The monoisotopic (exact) mass is 493 g/mol. The summed E-state index contributed by atoms with van der Waals surface area (Å²) in [4.78, 5) is 32.8. The van der Waals surface area contributed by atoms with E-state index in [1.54, 1.807) is 30.3 Å². The maximum absolute atomic E-state index is 15.0. The van der Waals surface area contributed by atoms with Crippen LogP contribution in [0.1, 0.15) is 6.92 Å². The molecule has 10 heteroatoms. The van der Waals surface area contributed by atoms with Gasteiger partial charge in [0.1, 0.15) is 5.82 Å².